The van der Waals surface area contributed by atoms with E-state index >= 15 is 0 Å². The van der Waals surface area contributed by atoms with Crippen LogP contribution in [0.25, 0.3) is 0 Å². The molecule has 1 aromatic rings. The van der Waals surface area contributed by atoms with E-state index in [1.165, 1.54) is 57.4 Å². The molecule has 98 valence electrons. The van der Waals surface area contributed by atoms with Gasteiger partial charge in [0.25, 0.3) is 0 Å². The van der Waals surface area contributed by atoms with Gasteiger partial charge in [0.2, 0.25) is 0 Å². The summed E-state index contributed by atoms with van der Waals surface area (Å²) in [5.41, 5.74) is 1.38. The molecule has 2 heteroatoms. The van der Waals surface area contributed by atoms with Crippen LogP contribution in [0.4, 0.5) is 5.69 Å². The Labute approximate surface area is 110 Å². The quantitative estimate of drug-likeness (QED) is 0.875. The SMILES string of the molecule is c1ccc(N2CCC(NCC3CCC3)CC2)cc1. The second-order valence-electron chi connectivity index (χ2n) is 5.80. The summed E-state index contributed by atoms with van der Waals surface area (Å²) in [6.07, 6.45) is 6.95. The van der Waals surface area contributed by atoms with Crippen LogP contribution in [0.15, 0.2) is 30.3 Å². The van der Waals surface area contributed by atoms with Crippen LogP contribution in [0, 0.1) is 5.92 Å². The number of hydrogen-bond acceptors (Lipinski definition) is 2. The van der Waals surface area contributed by atoms with Gasteiger partial charge in [-0.2, -0.15) is 0 Å². The van der Waals surface area contributed by atoms with Crippen molar-refractivity contribution in [3.05, 3.63) is 30.3 Å². The molecular weight excluding hydrogens is 220 g/mol. The van der Waals surface area contributed by atoms with Crippen molar-refractivity contribution in [3.63, 3.8) is 0 Å². The molecule has 0 atom stereocenters. The lowest BCUT2D eigenvalue weighted by Crippen LogP contribution is -2.44. The number of nitrogens with one attached hydrogen (secondary N) is 1. The molecule has 1 saturated carbocycles. The van der Waals surface area contributed by atoms with Crippen molar-refractivity contribution in [3.8, 4) is 0 Å². The maximum Gasteiger partial charge on any atom is 0.0366 e. The Morgan fingerprint density at radius 2 is 1.72 bits per heavy atom. The predicted octanol–water partition coefficient (Wildman–Crippen LogP) is 3.05. The highest BCUT2D eigenvalue weighted by Crippen LogP contribution is 2.26. The van der Waals surface area contributed by atoms with E-state index in [2.05, 4.69) is 40.5 Å². The summed E-state index contributed by atoms with van der Waals surface area (Å²) in [5.74, 6) is 0.983. The molecule has 3 rings (SSSR count). The molecule has 0 spiro atoms. The fourth-order valence-corrected chi connectivity index (χ4v) is 3.01. The minimum absolute atomic E-state index is 0.755. The molecule has 2 nitrogen and oxygen atoms in total. The van der Waals surface area contributed by atoms with E-state index in [0.717, 1.165) is 12.0 Å². The minimum atomic E-state index is 0.755. The molecule has 0 unspecified atom stereocenters. The van der Waals surface area contributed by atoms with E-state index in [9.17, 15) is 0 Å². The van der Waals surface area contributed by atoms with E-state index in [-0.39, 0.29) is 0 Å². The van der Waals surface area contributed by atoms with Crippen LogP contribution in [0.2, 0.25) is 0 Å². The van der Waals surface area contributed by atoms with E-state index in [0.29, 0.717) is 0 Å². The average Bonchev–Trinajstić information content (AvgIpc) is 2.39. The number of para-hydroxylation sites is 1. The summed E-state index contributed by atoms with van der Waals surface area (Å²) in [4.78, 5) is 2.52. The molecular formula is C16H24N2. The van der Waals surface area contributed by atoms with E-state index < -0.39 is 0 Å². The van der Waals surface area contributed by atoms with Crippen molar-refractivity contribution < 1.29 is 0 Å². The molecule has 2 aliphatic rings. The molecule has 18 heavy (non-hydrogen) atoms. The third-order valence-electron chi connectivity index (χ3n) is 4.54. The molecule has 1 N–H and O–H groups in total. The van der Waals surface area contributed by atoms with Crippen LogP contribution in [0.3, 0.4) is 0 Å². The summed E-state index contributed by atoms with van der Waals surface area (Å²) in [7, 11) is 0. The number of rotatable bonds is 4. The van der Waals surface area contributed by atoms with Crippen LogP contribution in [0.1, 0.15) is 32.1 Å². The van der Waals surface area contributed by atoms with Crippen LogP contribution < -0.4 is 10.2 Å². The highest BCUT2D eigenvalue weighted by atomic mass is 15.1. The molecule has 0 aromatic heterocycles. The van der Waals surface area contributed by atoms with Gasteiger partial charge in [-0.25, -0.2) is 0 Å². The normalized spacial score (nSPS) is 21.9. The van der Waals surface area contributed by atoms with Crippen molar-refractivity contribution in [2.24, 2.45) is 5.92 Å². The zero-order valence-electron chi connectivity index (χ0n) is 11.1. The highest BCUT2D eigenvalue weighted by Gasteiger charge is 2.22. The van der Waals surface area contributed by atoms with Crippen molar-refractivity contribution >= 4 is 5.69 Å². The molecule has 1 aromatic carbocycles. The molecule has 2 fully saturated rings. The molecule has 1 saturated heterocycles. The highest BCUT2D eigenvalue weighted by molar-refractivity contribution is 5.46. The van der Waals surface area contributed by atoms with E-state index in [4.69, 9.17) is 0 Å². The van der Waals surface area contributed by atoms with Gasteiger partial charge in [0.15, 0.2) is 0 Å². The Balaban J connectivity index is 1.43. The molecule has 0 radical (unpaired) electrons. The number of piperidine rings is 1. The van der Waals surface area contributed by atoms with Gasteiger partial charge < -0.3 is 10.2 Å². The lowest BCUT2D eigenvalue weighted by molar-refractivity contribution is 0.278. The molecule has 1 aliphatic carbocycles. The van der Waals surface area contributed by atoms with Crippen LogP contribution in [-0.2, 0) is 0 Å². The monoisotopic (exact) mass is 244 g/mol. The fourth-order valence-electron chi connectivity index (χ4n) is 3.01. The Bertz CT molecular complexity index is 351. The summed E-state index contributed by atoms with van der Waals surface area (Å²) >= 11 is 0. The van der Waals surface area contributed by atoms with Gasteiger partial charge in [-0.15, -0.1) is 0 Å². The van der Waals surface area contributed by atoms with Crippen molar-refractivity contribution in [1.82, 2.24) is 5.32 Å². The van der Waals surface area contributed by atoms with E-state index in [1.807, 2.05) is 0 Å². The van der Waals surface area contributed by atoms with E-state index in [1.54, 1.807) is 0 Å². The Kier molecular flexibility index (Phi) is 3.84. The average molecular weight is 244 g/mol. The predicted molar refractivity (Wildman–Crippen MR) is 77.0 cm³/mol. The Hall–Kier alpha value is -1.02. The summed E-state index contributed by atoms with van der Waals surface area (Å²) < 4.78 is 0. The topological polar surface area (TPSA) is 15.3 Å². The lowest BCUT2D eigenvalue weighted by Gasteiger charge is -2.35. The molecule has 1 aliphatic heterocycles. The first-order valence-electron chi connectivity index (χ1n) is 7.45. The van der Waals surface area contributed by atoms with Crippen molar-refractivity contribution in [2.45, 2.75) is 38.1 Å². The first kappa shape index (κ1) is 12.0. The van der Waals surface area contributed by atoms with Crippen LogP contribution in [-0.4, -0.2) is 25.7 Å². The van der Waals surface area contributed by atoms with Gasteiger partial charge in [0.1, 0.15) is 0 Å². The first-order chi connectivity index (χ1) is 8.92. The largest absolute Gasteiger partial charge is 0.371 e. The van der Waals surface area contributed by atoms with Crippen molar-refractivity contribution in [1.29, 1.82) is 0 Å². The maximum atomic E-state index is 3.77. The van der Waals surface area contributed by atoms with Gasteiger partial charge in [0, 0.05) is 24.8 Å². The zero-order valence-corrected chi connectivity index (χ0v) is 11.1. The van der Waals surface area contributed by atoms with Gasteiger partial charge in [-0.3, -0.25) is 0 Å². The summed E-state index contributed by atoms with van der Waals surface area (Å²) in [6.45, 7) is 3.66. The second kappa shape index (κ2) is 5.75. The minimum Gasteiger partial charge on any atom is -0.371 e. The summed E-state index contributed by atoms with van der Waals surface area (Å²) in [6, 6.07) is 11.6. The van der Waals surface area contributed by atoms with Gasteiger partial charge in [0.05, 0.1) is 0 Å². The standard InChI is InChI=1S/C16H24N2/c1-2-7-16(8-3-1)18-11-9-15(10-12-18)17-13-14-5-4-6-14/h1-3,7-8,14-15,17H,4-6,9-13H2. The Morgan fingerprint density at radius 1 is 1.00 bits per heavy atom. The maximum absolute atomic E-state index is 3.77. The van der Waals surface area contributed by atoms with Gasteiger partial charge in [-0.1, -0.05) is 24.6 Å². The number of hydrogen-bond donors (Lipinski definition) is 1. The Morgan fingerprint density at radius 3 is 2.33 bits per heavy atom. The summed E-state index contributed by atoms with van der Waals surface area (Å²) in [5, 5.41) is 3.77. The number of nitrogens with zero attached hydrogens (tertiary/aromatic N) is 1. The number of benzene rings is 1. The number of anilines is 1. The van der Waals surface area contributed by atoms with Crippen LogP contribution >= 0.6 is 0 Å². The molecule has 0 bridgehead atoms. The van der Waals surface area contributed by atoms with Gasteiger partial charge in [-0.05, 0) is 50.3 Å². The van der Waals surface area contributed by atoms with Crippen molar-refractivity contribution in [2.75, 3.05) is 24.5 Å². The third-order valence-corrected chi connectivity index (χ3v) is 4.54. The third kappa shape index (κ3) is 2.86. The smallest absolute Gasteiger partial charge is 0.0366 e. The molecule has 0 amide bonds. The first-order valence-corrected chi connectivity index (χ1v) is 7.45. The zero-order chi connectivity index (χ0) is 12.2. The lowest BCUT2D eigenvalue weighted by atomic mass is 9.85. The molecule has 1 heterocycles. The second-order valence-corrected chi connectivity index (χ2v) is 5.80. The van der Waals surface area contributed by atoms with Gasteiger partial charge >= 0.3 is 0 Å². The fraction of sp³-hybridized carbons (Fsp3) is 0.625. The van der Waals surface area contributed by atoms with Crippen LogP contribution in [0.5, 0.6) is 0 Å².